The van der Waals surface area contributed by atoms with E-state index in [1.807, 2.05) is 18.2 Å². The summed E-state index contributed by atoms with van der Waals surface area (Å²) in [7, 11) is 4.11. The van der Waals surface area contributed by atoms with Crippen molar-refractivity contribution in [3.63, 3.8) is 0 Å². The molecule has 180 valence electrons. The predicted octanol–water partition coefficient (Wildman–Crippen LogP) is 5.65. The Labute approximate surface area is 206 Å². The maximum absolute atomic E-state index is 12.9. The lowest BCUT2D eigenvalue weighted by molar-refractivity contribution is -0.135. The molecule has 6 nitrogen and oxygen atoms in total. The van der Waals surface area contributed by atoms with Crippen molar-refractivity contribution in [2.75, 3.05) is 24.3 Å². The summed E-state index contributed by atoms with van der Waals surface area (Å²) in [5, 5.41) is 8.59. The maximum atomic E-state index is 12.9. The van der Waals surface area contributed by atoms with E-state index in [2.05, 4.69) is 41.8 Å². The lowest BCUT2D eigenvalue weighted by atomic mass is 9.90. The Balaban J connectivity index is 1.33. The molecule has 1 aliphatic rings. The van der Waals surface area contributed by atoms with Crippen LogP contribution in [0.25, 0.3) is 10.9 Å². The normalized spacial score (nSPS) is 18.4. The number of hydrogen-bond acceptors (Lipinski definition) is 5. The molecule has 1 amide bonds. The van der Waals surface area contributed by atoms with Gasteiger partial charge in [-0.3, -0.25) is 4.79 Å². The van der Waals surface area contributed by atoms with E-state index in [0.29, 0.717) is 16.8 Å². The van der Waals surface area contributed by atoms with E-state index in [1.165, 1.54) is 0 Å². The first-order chi connectivity index (χ1) is 16.2. The Morgan fingerprint density at radius 2 is 1.68 bits per heavy atom. The SMILES string of the molecule is CN(C)c1cc(N[C@H]2CC[C@@H](NC(=O)C(C)(C)Oc3ccc(Cl)cc3)CC2)nc2ccccc12. The second-order valence-corrected chi connectivity index (χ2v) is 10.1. The van der Waals surface area contributed by atoms with Crippen molar-refractivity contribution >= 4 is 39.9 Å². The largest absolute Gasteiger partial charge is 0.478 e. The van der Waals surface area contributed by atoms with Crippen molar-refractivity contribution < 1.29 is 9.53 Å². The fraction of sp³-hybridized carbons (Fsp3) is 0.407. The maximum Gasteiger partial charge on any atom is 0.263 e. The number of amides is 1. The number of anilines is 2. The molecule has 0 bridgehead atoms. The standard InChI is InChI=1S/C27H33ClN4O2/c1-27(2,34-21-15-9-18(28)10-16-21)26(33)30-20-13-11-19(12-14-20)29-25-17-24(32(3)4)22-7-5-6-8-23(22)31-25/h5-10,15-17,19-20H,11-14H2,1-4H3,(H,29,31)(H,30,33)/t19-,20+. The number of hydrogen-bond donors (Lipinski definition) is 2. The number of ether oxygens (including phenoxy) is 1. The zero-order chi connectivity index (χ0) is 24.3. The number of nitrogens with one attached hydrogen (secondary N) is 2. The van der Waals surface area contributed by atoms with Gasteiger partial charge in [0, 0.05) is 48.3 Å². The molecule has 7 heteroatoms. The zero-order valence-corrected chi connectivity index (χ0v) is 21.0. The van der Waals surface area contributed by atoms with Crippen molar-refractivity contribution in [3.8, 4) is 5.75 Å². The first-order valence-electron chi connectivity index (χ1n) is 11.8. The van der Waals surface area contributed by atoms with Crippen LogP contribution in [0.15, 0.2) is 54.6 Å². The van der Waals surface area contributed by atoms with Gasteiger partial charge in [0.15, 0.2) is 5.60 Å². The van der Waals surface area contributed by atoms with Gasteiger partial charge in [0.05, 0.1) is 5.52 Å². The molecule has 0 spiro atoms. The minimum atomic E-state index is -0.972. The Morgan fingerprint density at radius 3 is 2.35 bits per heavy atom. The molecule has 1 aliphatic carbocycles. The van der Waals surface area contributed by atoms with Crippen LogP contribution in [-0.4, -0.2) is 42.7 Å². The summed E-state index contributed by atoms with van der Waals surface area (Å²) >= 11 is 5.94. The smallest absolute Gasteiger partial charge is 0.263 e. The minimum absolute atomic E-state index is 0.106. The molecule has 34 heavy (non-hydrogen) atoms. The number of pyridine rings is 1. The first-order valence-corrected chi connectivity index (χ1v) is 12.2. The summed E-state index contributed by atoms with van der Waals surface area (Å²) in [6.45, 7) is 3.58. The van der Waals surface area contributed by atoms with Crippen LogP contribution < -0.4 is 20.3 Å². The lowest BCUT2D eigenvalue weighted by Gasteiger charge is -2.33. The third-order valence-corrected chi connectivity index (χ3v) is 6.58. The number of rotatable bonds is 7. The molecule has 1 aromatic heterocycles. The Hall–Kier alpha value is -2.99. The topological polar surface area (TPSA) is 66.5 Å². The molecule has 2 aromatic carbocycles. The monoisotopic (exact) mass is 480 g/mol. The van der Waals surface area contributed by atoms with E-state index in [-0.39, 0.29) is 11.9 Å². The van der Waals surface area contributed by atoms with Gasteiger partial charge in [0.2, 0.25) is 0 Å². The van der Waals surface area contributed by atoms with Crippen molar-refractivity contribution in [1.29, 1.82) is 0 Å². The average molecular weight is 481 g/mol. The van der Waals surface area contributed by atoms with Gasteiger partial charge in [-0.15, -0.1) is 0 Å². The van der Waals surface area contributed by atoms with Crippen LogP contribution in [0.1, 0.15) is 39.5 Å². The van der Waals surface area contributed by atoms with E-state index < -0.39 is 5.60 Å². The van der Waals surface area contributed by atoms with Crippen LogP contribution in [0, 0.1) is 0 Å². The summed E-state index contributed by atoms with van der Waals surface area (Å²) in [6.07, 6.45) is 3.76. The minimum Gasteiger partial charge on any atom is -0.478 e. The van der Waals surface area contributed by atoms with Gasteiger partial charge in [-0.1, -0.05) is 29.8 Å². The molecular formula is C27H33ClN4O2. The molecule has 1 heterocycles. The number of halogens is 1. The van der Waals surface area contributed by atoms with E-state index >= 15 is 0 Å². The van der Waals surface area contributed by atoms with Crippen molar-refractivity contribution in [1.82, 2.24) is 10.3 Å². The van der Waals surface area contributed by atoms with Crippen LogP contribution >= 0.6 is 11.6 Å². The fourth-order valence-corrected chi connectivity index (χ4v) is 4.52. The van der Waals surface area contributed by atoms with Crippen LogP contribution in [-0.2, 0) is 4.79 Å². The summed E-state index contributed by atoms with van der Waals surface area (Å²) in [5.74, 6) is 1.41. The number of aromatic nitrogens is 1. The molecule has 2 N–H and O–H groups in total. The van der Waals surface area contributed by atoms with Crippen molar-refractivity contribution in [3.05, 3.63) is 59.6 Å². The van der Waals surface area contributed by atoms with E-state index in [0.717, 1.165) is 48.1 Å². The lowest BCUT2D eigenvalue weighted by Crippen LogP contribution is -2.51. The second-order valence-electron chi connectivity index (χ2n) is 9.67. The van der Waals surface area contributed by atoms with Gasteiger partial charge in [-0.2, -0.15) is 0 Å². The highest BCUT2D eigenvalue weighted by molar-refractivity contribution is 6.30. The Bertz CT molecular complexity index is 1140. The predicted molar refractivity (Wildman–Crippen MR) is 140 cm³/mol. The molecule has 1 fully saturated rings. The Kier molecular flexibility index (Phi) is 7.17. The van der Waals surface area contributed by atoms with Gasteiger partial charge < -0.3 is 20.3 Å². The fourth-order valence-electron chi connectivity index (χ4n) is 4.40. The number of carbonyl (C=O) groups is 1. The van der Waals surface area contributed by atoms with Gasteiger partial charge in [0.25, 0.3) is 5.91 Å². The van der Waals surface area contributed by atoms with Crippen LogP contribution in [0.2, 0.25) is 5.02 Å². The quantitative estimate of drug-likeness (QED) is 0.457. The number of carbonyl (C=O) groups excluding carboxylic acids is 1. The molecule has 0 aliphatic heterocycles. The van der Waals surface area contributed by atoms with Gasteiger partial charge in [-0.05, 0) is 69.9 Å². The first kappa shape index (κ1) is 24.1. The highest BCUT2D eigenvalue weighted by atomic mass is 35.5. The van der Waals surface area contributed by atoms with Crippen LogP contribution in [0.5, 0.6) is 5.75 Å². The number of fused-ring (bicyclic) bond motifs is 1. The third kappa shape index (κ3) is 5.73. The molecule has 4 rings (SSSR count). The summed E-state index contributed by atoms with van der Waals surface area (Å²) in [6, 6.07) is 17.9. The zero-order valence-electron chi connectivity index (χ0n) is 20.3. The van der Waals surface area contributed by atoms with Gasteiger partial charge in [-0.25, -0.2) is 4.98 Å². The molecule has 0 saturated heterocycles. The van der Waals surface area contributed by atoms with Gasteiger partial charge in [0.1, 0.15) is 11.6 Å². The van der Waals surface area contributed by atoms with Crippen LogP contribution in [0.3, 0.4) is 0 Å². The van der Waals surface area contributed by atoms with Gasteiger partial charge >= 0.3 is 0 Å². The molecule has 0 radical (unpaired) electrons. The van der Waals surface area contributed by atoms with E-state index in [1.54, 1.807) is 38.1 Å². The number of nitrogens with zero attached hydrogens (tertiary/aromatic N) is 2. The molecule has 0 unspecified atom stereocenters. The van der Waals surface area contributed by atoms with E-state index in [9.17, 15) is 4.79 Å². The molecule has 1 saturated carbocycles. The number of benzene rings is 2. The molecule has 3 aromatic rings. The average Bonchev–Trinajstić information content (AvgIpc) is 2.81. The summed E-state index contributed by atoms with van der Waals surface area (Å²) in [4.78, 5) is 19.9. The molecular weight excluding hydrogens is 448 g/mol. The van der Waals surface area contributed by atoms with Crippen molar-refractivity contribution in [2.45, 2.75) is 57.2 Å². The Morgan fingerprint density at radius 1 is 1.03 bits per heavy atom. The van der Waals surface area contributed by atoms with Crippen molar-refractivity contribution in [2.24, 2.45) is 0 Å². The summed E-state index contributed by atoms with van der Waals surface area (Å²) in [5.41, 5.74) is 1.16. The highest BCUT2D eigenvalue weighted by Crippen LogP contribution is 2.29. The highest BCUT2D eigenvalue weighted by Gasteiger charge is 2.33. The second kappa shape index (κ2) is 10.1. The van der Waals surface area contributed by atoms with Crippen LogP contribution in [0.4, 0.5) is 11.5 Å². The third-order valence-electron chi connectivity index (χ3n) is 6.32. The molecule has 0 atom stereocenters. The summed E-state index contributed by atoms with van der Waals surface area (Å²) < 4.78 is 5.93. The number of para-hydroxylation sites is 1. The van der Waals surface area contributed by atoms with E-state index in [4.69, 9.17) is 21.3 Å².